The molecule has 0 saturated carbocycles. The molecule has 2 heteroatoms. The van der Waals surface area contributed by atoms with Crippen LogP contribution in [-0.4, -0.2) is 0 Å². The first-order valence-electron chi connectivity index (χ1n) is 11.3. The number of rotatable bonds is 1. The summed E-state index contributed by atoms with van der Waals surface area (Å²) in [6.07, 6.45) is 2.18. The number of hydrogen-bond acceptors (Lipinski definition) is 1. The van der Waals surface area contributed by atoms with Crippen LogP contribution in [0, 0.1) is 6.92 Å². The Labute approximate surface area is 192 Å². The first kappa shape index (κ1) is 18.4. The van der Waals surface area contributed by atoms with Gasteiger partial charge in [0.1, 0.15) is 18.5 Å². The normalized spacial score (nSPS) is 12.2. The van der Waals surface area contributed by atoms with Crippen LogP contribution in [0.4, 0.5) is 0 Å². The lowest BCUT2D eigenvalue weighted by Gasteiger charge is -2.23. The summed E-state index contributed by atoms with van der Waals surface area (Å²) in [6.45, 7) is 2.21. The van der Waals surface area contributed by atoms with Gasteiger partial charge in [0, 0.05) is 11.5 Å². The molecule has 0 aliphatic carbocycles. The predicted molar refractivity (Wildman–Crippen MR) is 136 cm³/mol. The van der Waals surface area contributed by atoms with E-state index in [4.69, 9.17) is 4.74 Å². The number of benzene rings is 5. The van der Waals surface area contributed by atoms with E-state index in [1.54, 1.807) is 0 Å². The van der Waals surface area contributed by atoms with Crippen molar-refractivity contribution >= 4 is 32.3 Å². The Hall–Kier alpha value is -4.17. The van der Waals surface area contributed by atoms with Crippen molar-refractivity contribution in [2.75, 3.05) is 0 Å². The van der Waals surface area contributed by atoms with Crippen LogP contribution in [0.15, 0.2) is 97.2 Å². The molecule has 0 amide bonds. The van der Waals surface area contributed by atoms with Crippen molar-refractivity contribution in [1.82, 2.24) is 0 Å². The first-order valence-corrected chi connectivity index (χ1v) is 11.3. The molecule has 0 spiro atoms. The molecule has 0 bridgehead atoms. The second-order valence-electron chi connectivity index (χ2n) is 8.94. The monoisotopic (exact) mass is 424 g/mol. The number of nitrogens with zero attached hydrogens (tertiary/aromatic N) is 1. The van der Waals surface area contributed by atoms with Gasteiger partial charge < -0.3 is 4.74 Å². The van der Waals surface area contributed by atoms with Gasteiger partial charge in [0.05, 0.1) is 10.9 Å². The van der Waals surface area contributed by atoms with E-state index >= 15 is 0 Å². The van der Waals surface area contributed by atoms with Gasteiger partial charge in [0.2, 0.25) is 5.69 Å². The van der Waals surface area contributed by atoms with Gasteiger partial charge in [-0.15, -0.1) is 0 Å². The Bertz CT molecular complexity index is 1750. The van der Waals surface area contributed by atoms with E-state index in [-0.39, 0.29) is 0 Å². The number of pyridine rings is 1. The molecule has 1 aliphatic heterocycles. The van der Waals surface area contributed by atoms with Crippen LogP contribution in [0.2, 0.25) is 0 Å². The Balaban J connectivity index is 1.60. The van der Waals surface area contributed by atoms with Crippen molar-refractivity contribution in [1.29, 1.82) is 0 Å². The smallest absolute Gasteiger partial charge is 0.228 e. The lowest BCUT2D eigenvalue weighted by Crippen LogP contribution is -2.31. The Morgan fingerprint density at radius 2 is 1.39 bits per heavy atom. The van der Waals surface area contributed by atoms with Gasteiger partial charge in [-0.25, -0.2) is 4.57 Å². The average Bonchev–Trinajstić information content (AvgIpc) is 2.85. The molecule has 1 aliphatic rings. The molecule has 0 fully saturated rings. The van der Waals surface area contributed by atoms with Gasteiger partial charge in [-0.2, -0.15) is 0 Å². The third-order valence-corrected chi connectivity index (χ3v) is 7.04. The first-order chi connectivity index (χ1) is 16.2. The van der Waals surface area contributed by atoms with Crippen LogP contribution in [0.5, 0.6) is 11.5 Å². The highest BCUT2D eigenvalue weighted by Crippen LogP contribution is 2.50. The quantitative estimate of drug-likeness (QED) is 0.194. The van der Waals surface area contributed by atoms with Gasteiger partial charge in [-0.3, -0.25) is 0 Å². The average molecular weight is 425 g/mol. The van der Waals surface area contributed by atoms with E-state index in [1.165, 1.54) is 60.3 Å². The molecule has 0 saturated heterocycles. The summed E-state index contributed by atoms with van der Waals surface area (Å²) in [5, 5.41) is 7.34. The molecule has 1 aromatic heterocycles. The molecule has 156 valence electrons. The van der Waals surface area contributed by atoms with Crippen molar-refractivity contribution in [2.45, 2.75) is 6.92 Å². The zero-order valence-electron chi connectivity index (χ0n) is 18.6. The predicted octanol–water partition coefficient (Wildman–Crippen LogP) is 7.72. The summed E-state index contributed by atoms with van der Waals surface area (Å²) < 4.78 is 8.84. The minimum Gasteiger partial charge on any atom is -0.456 e. The molecule has 7 rings (SSSR count). The number of aryl methyl sites for hydroxylation is 2. The van der Waals surface area contributed by atoms with Crippen LogP contribution in [-0.2, 0) is 7.05 Å². The molecular formula is C31H22NO+. The third-order valence-electron chi connectivity index (χ3n) is 7.04. The van der Waals surface area contributed by atoms with Crippen molar-refractivity contribution in [3.63, 3.8) is 0 Å². The highest BCUT2D eigenvalue weighted by Gasteiger charge is 2.30. The van der Waals surface area contributed by atoms with Gasteiger partial charge in [0.15, 0.2) is 6.20 Å². The topological polar surface area (TPSA) is 13.1 Å². The fourth-order valence-corrected chi connectivity index (χ4v) is 5.43. The van der Waals surface area contributed by atoms with Crippen molar-refractivity contribution in [3.8, 4) is 33.9 Å². The van der Waals surface area contributed by atoms with E-state index in [2.05, 4.69) is 116 Å². The van der Waals surface area contributed by atoms with Gasteiger partial charge in [-0.05, 0) is 63.4 Å². The highest BCUT2D eigenvalue weighted by molar-refractivity contribution is 6.16. The van der Waals surface area contributed by atoms with E-state index in [0.29, 0.717) is 0 Å². The number of ether oxygens (including phenoxy) is 1. The summed E-state index contributed by atoms with van der Waals surface area (Å²) in [6, 6.07) is 32.5. The largest absolute Gasteiger partial charge is 0.456 e. The van der Waals surface area contributed by atoms with Gasteiger partial charge in [0.25, 0.3) is 0 Å². The maximum Gasteiger partial charge on any atom is 0.228 e. The standard InChI is InChI=1S/C31H22NO/c1-19-24-11-7-6-10-22(24)17-27-29(19)31-30-25(14-15-32(31)2)26-16-21(20-8-4-3-5-9-20)12-13-23(26)18-28(30)33-27/h3-18H,1-2H3/q+1. The summed E-state index contributed by atoms with van der Waals surface area (Å²) in [5.74, 6) is 1.86. The molecule has 6 aromatic rings. The van der Waals surface area contributed by atoms with Crippen LogP contribution < -0.4 is 9.30 Å². The molecule has 0 unspecified atom stereocenters. The molecular weight excluding hydrogens is 402 g/mol. The maximum atomic E-state index is 6.60. The lowest BCUT2D eigenvalue weighted by molar-refractivity contribution is -0.659. The minimum atomic E-state index is 0.929. The molecule has 5 aromatic carbocycles. The second-order valence-corrected chi connectivity index (χ2v) is 8.94. The van der Waals surface area contributed by atoms with Crippen LogP contribution in [0.3, 0.4) is 0 Å². The van der Waals surface area contributed by atoms with Crippen LogP contribution in [0.25, 0.3) is 54.7 Å². The van der Waals surface area contributed by atoms with Crippen molar-refractivity contribution in [3.05, 3.63) is 103 Å². The fourth-order valence-electron chi connectivity index (χ4n) is 5.43. The highest BCUT2D eigenvalue weighted by atomic mass is 16.5. The molecule has 0 radical (unpaired) electrons. The zero-order valence-corrected chi connectivity index (χ0v) is 18.6. The van der Waals surface area contributed by atoms with Crippen LogP contribution >= 0.6 is 0 Å². The van der Waals surface area contributed by atoms with Crippen molar-refractivity contribution in [2.24, 2.45) is 7.05 Å². The summed E-state index contributed by atoms with van der Waals surface area (Å²) in [4.78, 5) is 0. The van der Waals surface area contributed by atoms with Crippen molar-refractivity contribution < 1.29 is 9.30 Å². The number of fused-ring (bicyclic) bond motifs is 5. The molecule has 0 atom stereocenters. The summed E-state index contributed by atoms with van der Waals surface area (Å²) in [7, 11) is 2.13. The number of hydrogen-bond donors (Lipinski definition) is 0. The van der Waals surface area contributed by atoms with Crippen LogP contribution in [0.1, 0.15) is 5.56 Å². The SMILES string of the molecule is Cc1c2c(cc3ccccc13)Oc1cc3ccc(-c4ccccc4)cc3c3cc[n+](C)c-2c13. The summed E-state index contributed by atoms with van der Waals surface area (Å²) >= 11 is 0. The Kier molecular flexibility index (Phi) is 3.72. The molecule has 33 heavy (non-hydrogen) atoms. The third kappa shape index (κ3) is 2.58. The van der Waals surface area contributed by atoms with Gasteiger partial charge in [-0.1, -0.05) is 66.7 Å². The fraction of sp³-hybridized carbons (Fsp3) is 0.0645. The molecule has 0 N–H and O–H groups in total. The van der Waals surface area contributed by atoms with E-state index in [1.807, 2.05) is 0 Å². The maximum absolute atomic E-state index is 6.60. The lowest BCUT2D eigenvalue weighted by atomic mass is 9.90. The molecule has 2 heterocycles. The molecule has 2 nitrogen and oxygen atoms in total. The van der Waals surface area contributed by atoms with E-state index in [9.17, 15) is 0 Å². The second kappa shape index (κ2) is 6.66. The zero-order chi connectivity index (χ0) is 22.1. The summed E-state index contributed by atoms with van der Waals surface area (Å²) in [5.41, 5.74) is 6.13. The minimum absolute atomic E-state index is 0.929. The Morgan fingerprint density at radius 1 is 0.636 bits per heavy atom. The Morgan fingerprint density at radius 3 is 2.27 bits per heavy atom. The number of aromatic nitrogens is 1. The van der Waals surface area contributed by atoms with Gasteiger partial charge >= 0.3 is 0 Å². The van der Waals surface area contributed by atoms with E-state index < -0.39 is 0 Å². The van der Waals surface area contributed by atoms with E-state index in [0.717, 1.165) is 11.5 Å².